The monoisotopic (exact) mass is 298 g/mol. The minimum absolute atomic E-state index is 0.108. The minimum atomic E-state index is -0.190. The first kappa shape index (κ1) is 13.9. The SMILES string of the molecule is CC1=C(C)C(=O)c2c(oc(Sc3ccccc3)c2C)C1=O. The topological polar surface area (TPSA) is 47.3 Å². The summed E-state index contributed by atoms with van der Waals surface area (Å²) in [6, 6.07) is 9.74. The molecule has 0 aliphatic heterocycles. The first-order valence-electron chi connectivity index (χ1n) is 6.64. The van der Waals surface area contributed by atoms with Crippen LogP contribution >= 0.6 is 11.8 Å². The molecule has 1 aliphatic carbocycles. The van der Waals surface area contributed by atoms with E-state index >= 15 is 0 Å². The fourth-order valence-electron chi connectivity index (χ4n) is 2.32. The summed E-state index contributed by atoms with van der Waals surface area (Å²) >= 11 is 1.42. The van der Waals surface area contributed by atoms with Gasteiger partial charge in [0.15, 0.2) is 16.6 Å². The van der Waals surface area contributed by atoms with Crippen molar-refractivity contribution in [1.29, 1.82) is 0 Å². The van der Waals surface area contributed by atoms with Crippen LogP contribution in [0.25, 0.3) is 0 Å². The average molecular weight is 298 g/mol. The molecule has 4 heteroatoms. The molecular weight excluding hydrogens is 284 g/mol. The molecule has 0 spiro atoms. The Labute approximate surface area is 127 Å². The van der Waals surface area contributed by atoms with E-state index < -0.39 is 0 Å². The van der Waals surface area contributed by atoms with Gasteiger partial charge in [0.05, 0.1) is 5.56 Å². The molecule has 21 heavy (non-hydrogen) atoms. The van der Waals surface area contributed by atoms with Crippen LogP contribution in [0.5, 0.6) is 0 Å². The second-order valence-corrected chi connectivity index (χ2v) is 6.09. The van der Waals surface area contributed by atoms with E-state index in [0.717, 1.165) is 10.5 Å². The summed E-state index contributed by atoms with van der Waals surface area (Å²) in [5, 5.41) is 0.607. The smallest absolute Gasteiger partial charge is 0.225 e. The highest BCUT2D eigenvalue weighted by atomic mass is 32.2. The maximum absolute atomic E-state index is 12.4. The van der Waals surface area contributed by atoms with Crippen LogP contribution < -0.4 is 0 Å². The first-order valence-corrected chi connectivity index (χ1v) is 7.45. The molecule has 106 valence electrons. The standard InChI is InChI=1S/C17H14O3S/c1-9-10(2)15(19)16-13(14(9)18)11(3)17(20-16)21-12-7-5-4-6-8-12/h4-8H,1-3H3. The summed E-state index contributed by atoms with van der Waals surface area (Å²) < 4.78 is 5.70. The van der Waals surface area contributed by atoms with Gasteiger partial charge >= 0.3 is 0 Å². The number of fused-ring (bicyclic) bond motifs is 1. The molecule has 0 saturated heterocycles. The van der Waals surface area contributed by atoms with Gasteiger partial charge in [-0.1, -0.05) is 30.0 Å². The Morgan fingerprint density at radius 2 is 1.52 bits per heavy atom. The van der Waals surface area contributed by atoms with Crippen LogP contribution in [-0.2, 0) is 0 Å². The van der Waals surface area contributed by atoms with Crippen LogP contribution in [0.2, 0.25) is 0 Å². The van der Waals surface area contributed by atoms with Gasteiger partial charge in [0, 0.05) is 21.6 Å². The highest BCUT2D eigenvalue weighted by molar-refractivity contribution is 7.99. The maximum Gasteiger partial charge on any atom is 0.225 e. The first-order chi connectivity index (χ1) is 10.0. The largest absolute Gasteiger partial charge is 0.445 e. The van der Waals surface area contributed by atoms with Gasteiger partial charge < -0.3 is 4.42 Å². The number of carbonyl (C=O) groups is 2. The lowest BCUT2D eigenvalue weighted by Gasteiger charge is -2.11. The lowest BCUT2D eigenvalue weighted by Crippen LogP contribution is -2.18. The highest BCUT2D eigenvalue weighted by Gasteiger charge is 2.34. The Bertz CT molecular complexity index is 782. The van der Waals surface area contributed by atoms with Crippen molar-refractivity contribution in [3.8, 4) is 0 Å². The van der Waals surface area contributed by atoms with Crippen LogP contribution in [0, 0.1) is 6.92 Å². The second-order valence-electron chi connectivity index (χ2n) is 5.04. The molecule has 0 saturated carbocycles. The molecule has 3 nitrogen and oxygen atoms in total. The molecule has 1 aliphatic rings. The van der Waals surface area contributed by atoms with Crippen molar-refractivity contribution in [2.24, 2.45) is 0 Å². The number of hydrogen-bond donors (Lipinski definition) is 0. The quantitative estimate of drug-likeness (QED) is 0.821. The van der Waals surface area contributed by atoms with E-state index in [2.05, 4.69) is 0 Å². The van der Waals surface area contributed by atoms with Crippen molar-refractivity contribution in [3.63, 3.8) is 0 Å². The van der Waals surface area contributed by atoms with Crippen LogP contribution in [0.1, 0.15) is 40.3 Å². The molecular formula is C17H14O3S. The van der Waals surface area contributed by atoms with Gasteiger partial charge in [-0.25, -0.2) is 0 Å². The van der Waals surface area contributed by atoms with Gasteiger partial charge in [0.1, 0.15) is 0 Å². The maximum atomic E-state index is 12.4. The van der Waals surface area contributed by atoms with Crippen LogP contribution in [0.15, 0.2) is 55.9 Å². The summed E-state index contributed by atoms with van der Waals surface area (Å²) in [4.78, 5) is 25.7. The number of furan rings is 1. The number of Topliss-reactive ketones (excluding diaryl/α,β-unsaturated/α-hetero) is 2. The minimum Gasteiger partial charge on any atom is -0.445 e. The molecule has 3 rings (SSSR count). The third kappa shape index (κ3) is 2.16. The van der Waals surface area contributed by atoms with Crippen molar-refractivity contribution in [2.75, 3.05) is 0 Å². The zero-order chi connectivity index (χ0) is 15.1. The fourth-order valence-corrected chi connectivity index (χ4v) is 3.20. The van der Waals surface area contributed by atoms with E-state index in [4.69, 9.17) is 4.42 Å². The third-order valence-electron chi connectivity index (χ3n) is 3.73. The van der Waals surface area contributed by atoms with Gasteiger partial charge in [-0.15, -0.1) is 0 Å². The average Bonchev–Trinajstić information content (AvgIpc) is 2.81. The third-order valence-corrected chi connectivity index (χ3v) is 4.82. The van der Waals surface area contributed by atoms with E-state index in [0.29, 0.717) is 21.8 Å². The molecule has 1 heterocycles. The zero-order valence-corrected chi connectivity index (χ0v) is 12.8. The number of ketones is 2. The normalized spacial score (nSPS) is 14.6. The summed E-state index contributed by atoms with van der Waals surface area (Å²) in [6.45, 7) is 5.18. The Balaban J connectivity index is 2.08. The van der Waals surface area contributed by atoms with Crippen LogP contribution in [-0.4, -0.2) is 11.6 Å². The van der Waals surface area contributed by atoms with Crippen molar-refractivity contribution in [2.45, 2.75) is 30.8 Å². The number of rotatable bonds is 2. The molecule has 0 amide bonds. The van der Waals surface area contributed by atoms with Gasteiger partial charge in [-0.05, 0) is 32.9 Å². The zero-order valence-electron chi connectivity index (χ0n) is 12.0. The summed E-state index contributed by atoms with van der Waals surface area (Å²) in [7, 11) is 0. The Morgan fingerprint density at radius 3 is 2.19 bits per heavy atom. The molecule has 0 bridgehead atoms. The van der Waals surface area contributed by atoms with E-state index in [1.165, 1.54) is 11.8 Å². The van der Waals surface area contributed by atoms with Crippen molar-refractivity contribution >= 4 is 23.3 Å². The van der Waals surface area contributed by atoms with Gasteiger partial charge in [-0.2, -0.15) is 0 Å². The molecule has 0 fully saturated rings. The van der Waals surface area contributed by atoms with E-state index in [1.807, 2.05) is 37.3 Å². The van der Waals surface area contributed by atoms with Gasteiger partial charge in [-0.3, -0.25) is 9.59 Å². The highest BCUT2D eigenvalue weighted by Crippen LogP contribution is 2.39. The van der Waals surface area contributed by atoms with E-state index in [1.54, 1.807) is 13.8 Å². The van der Waals surface area contributed by atoms with Crippen molar-refractivity contribution in [1.82, 2.24) is 0 Å². The molecule has 0 N–H and O–H groups in total. The Morgan fingerprint density at radius 1 is 0.905 bits per heavy atom. The molecule has 1 aromatic heterocycles. The number of benzene rings is 1. The Hall–Kier alpha value is -2.07. The van der Waals surface area contributed by atoms with Gasteiger partial charge in [0.2, 0.25) is 5.78 Å². The number of hydrogen-bond acceptors (Lipinski definition) is 4. The van der Waals surface area contributed by atoms with E-state index in [9.17, 15) is 9.59 Å². The van der Waals surface area contributed by atoms with Crippen LogP contribution in [0.4, 0.5) is 0 Å². The summed E-state index contributed by atoms with van der Waals surface area (Å²) in [5.41, 5.74) is 2.13. The van der Waals surface area contributed by atoms with Crippen LogP contribution in [0.3, 0.4) is 0 Å². The lowest BCUT2D eigenvalue weighted by atomic mass is 9.89. The predicted molar refractivity (Wildman–Crippen MR) is 81.0 cm³/mol. The molecule has 0 radical (unpaired) electrons. The summed E-state index contributed by atoms with van der Waals surface area (Å²) in [6.07, 6.45) is 0. The molecule has 0 atom stereocenters. The van der Waals surface area contributed by atoms with Crippen molar-refractivity contribution < 1.29 is 14.0 Å². The number of allylic oxidation sites excluding steroid dienone is 2. The number of carbonyl (C=O) groups excluding carboxylic acids is 2. The fraction of sp³-hybridized carbons (Fsp3) is 0.176. The molecule has 2 aromatic rings. The predicted octanol–water partition coefficient (Wildman–Crippen LogP) is 4.45. The summed E-state index contributed by atoms with van der Waals surface area (Å²) in [5.74, 6) is -0.118. The second kappa shape index (κ2) is 5.04. The molecule has 0 unspecified atom stereocenters. The van der Waals surface area contributed by atoms with Gasteiger partial charge in [0.25, 0.3) is 0 Å². The van der Waals surface area contributed by atoms with Crippen molar-refractivity contribution in [3.05, 3.63) is 58.4 Å². The lowest BCUT2D eigenvalue weighted by molar-refractivity contribution is 0.0953. The van der Waals surface area contributed by atoms with E-state index in [-0.39, 0.29) is 17.3 Å². The Kier molecular flexibility index (Phi) is 3.33. The molecule has 1 aromatic carbocycles.